The van der Waals surface area contributed by atoms with Crippen LogP contribution in [0.4, 0.5) is 10.1 Å². The fourth-order valence-corrected chi connectivity index (χ4v) is 2.90. The van der Waals surface area contributed by atoms with E-state index in [2.05, 4.69) is 5.32 Å². The zero-order chi connectivity index (χ0) is 16.9. The van der Waals surface area contributed by atoms with Gasteiger partial charge in [0.1, 0.15) is 5.82 Å². The smallest absolute Gasteiger partial charge is 0.251 e. The molecule has 1 aliphatic heterocycles. The van der Waals surface area contributed by atoms with Gasteiger partial charge in [0, 0.05) is 25.2 Å². The first-order valence-corrected chi connectivity index (χ1v) is 8.18. The van der Waals surface area contributed by atoms with Crippen molar-refractivity contribution < 1.29 is 14.3 Å². The van der Waals surface area contributed by atoms with E-state index >= 15 is 0 Å². The van der Waals surface area contributed by atoms with E-state index in [1.54, 1.807) is 30.3 Å². The molecule has 24 heavy (non-hydrogen) atoms. The van der Waals surface area contributed by atoms with Crippen LogP contribution in [0.5, 0.6) is 0 Å². The molecule has 2 N–H and O–H groups in total. The second-order valence-corrected chi connectivity index (χ2v) is 6.05. The van der Waals surface area contributed by atoms with Crippen LogP contribution in [0.25, 0.3) is 0 Å². The van der Waals surface area contributed by atoms with Gasteiger partial charge in [0.2, 0.25) is 0 Å². The number of aliphatic hydroxyl groups excluding tert-OH is 1. The van der Waals surface area contributed by atoms with Crippen molar-refractivity contribution in [3.8, 4) is 0 Å². The van der Waals surface area contributed by atoms with Crippen LogP contribution < -0.4 is 10.2 Å². The number of benzene rings is 2. The number of amides is 1. The van der Waals surface area contributed by atoms with E-state index in [9.17, 15) is 14.3 Å². The molecule has 0 spiro atoms. The predicted octanol–water partition coefficient (Wildman–Crippen LogP) is 2.72. The lowest BCUT2D eigenvalue weighted by Crippen LogP contribution is -2.36. The number of carbonyl (C=O) groups excluding carboxylic acids is 1. The summed E-state index contributed by atoms with van der Waals surface area (Å²) in [5.41, 5.74) is 1.86. The Hall–Kier alpha value is -2.40. The molecule has 0 aliphatic carbocycles. The van der Waals surface area contributed by atoms with Crippen LogP contribution in [-0.4, -0.2) is 30.2 Å². The van der Waals surface area contributed by atoms with E-state index in [1.807, 2.05) is 17.0 Å². The number of hydrogen-bond acceptors (Lipinski definition) is 3. The Bertz CT molecular complexity index is 698. The van der Waals surface area contributed by atoms with Gasteiger partial charge in [-0.1, -0.05) is 24.3 Å². The molecule has 5 heteroatoms. The van der Waals surface area contributed by atoms with Gasteiger partial charge in [-0.2, -0.15) is 0 Å². The van der Waals surface area contributed by atoms with Crippen LogP contribution in [0, 0.1) is 5.82 Å². The predicted molar refractivity (Wildman–Crippen MR) is 91.5 cm³/mol. The van der Waals surface area contributed by atoms with Crippen LogP contribution in [0.15, 0.2) is 48.5 Å². The zero-order valence-electron chi connectivity index (χ0n) is 13.4. The second kappa shape index (κ2) is 7.45. The number of nitrogens with one attached hydrogen (secondary N) is 1. The van der Waals surface area contributed by atoms with Crippen LogP contribution in [0.3, 0.4) is 0 Å². The van der Waals surface area contributed by atoms with Crippen molar-refractivity contribution >= 4 is 11.6 Å². The van der Waals surface area contributed by atoms with Gasteiger partial charge in [-0.3, -0.25) is 4.79 Å². The minimum atomic E-state index is -0.294. The Labute approximate surface area is 140 Å². The third-order valence-electron chi connectivity index (χ3n) is 4.31. The minimum absolute atomic E-state index is 0.176. The molecule has 3 rings (SSSR count). The molecule has 1 saturated heterocycles. The monoisotopic (exact) mass is 328 g/mol. The molecule has 126 valence electrons. The summed E-state index contributed by atoms with van der Waals surface area (Å²) in [6.45, 7) is 1.59. The molecular formula is C19H21FN2O2. The van der Waals surface area contributed by atoms with Crippen molar-refractivity contribution in [1.82, 2.24) is 5.32 Å². The standard InChI is InChI=1S/C19H21FN2O2/c20-17-12-14(13-21-19(24)15-4-2-1-3-5-15)6-7-18(17)22-10-8-16(23)9-11-22/h1-7,12,16,23H,8-11,13H2,(H,21,24). The number of piperidine rings is 1. The van der Waals surface area contributed by atoms with Gasteiger partial charge in [0.25, 0.3) is 5.91 Å². The Kier molecular flexibility index (Phi) is 5.11. The molecule has 2 aromatic carbocycles. The number of hydrogen-bond donors (Lipinski definition) is 2. The summed E-state index contributed by atoms with van der Waals surface area (Å²) in [5, 5.41) is 12.3. The Morgan fingerprint density at radius 2 is 1.88 bits per heavy atom. The number of rotatable bonds is 4. The summed E-state index contributed by atoms with van der Waals surface area (Å²) in [7, 11) is 0. The highest BCUT2D eigenvalue weighted by Crippen LogP contribution is 2.24. The maximum Gasteiger partial charge on any atom is 0.251 e. The fourth-order valence-electron chi connectivity index (χ4n) is 2.90. The fraction of sp³-hybridized carbons (Fsp3) is 0.316. The SMILES string of the molecule is O=C(NCc1ccc(N2CCC(O)CC2)c(F)c1)c1ccccc1. The van der Waals surface area contributed by atoms with Crippen LogP contribution in [0.1, 0.15) is 28.8 Å². The van der Waals surface area contributed by atoms with E-state index in [4.69, 9.17) is 0 Å². The van der Waals surface area contributed by atoms with Gasteiger partial charge in [0.05, 0.1) is 11.8 Å². The Balaban J connectivity index is 1.61. The summed E-state index contributed by atoms with van der Waals surface area (Å²) in [4.78, 5) is 14.0. The molecule has 4 nitrogen and oxygen atoms in total. The van der Waals surface area contributed by atoms with E-state index in [0.717, 1.165) is 5.56 Å². The van der Waals surface area contributed by atoms with E-state index in [-0.39, 0.29) is 24.4 Å². The van der Waals surface area contributed by atoms with Gasteiger partial charge >= 0.3 is 0 Å². The molecule has 0 aromatic heterocycles. The minimum Gasteiger partial charge on any atom is -0.393 e. The highest BCUT2D eigenvalue weighted by Gasteiger charge is 2.19. The average molecular weight is 328 g/mol. The van der Waals surface area contributed by atoms with E-state index < -0.39 is 0 Å². The van der Waals surface area contributed by atoms with Crippen molar-refractivity contribution in [2.75, 3.05) is 18.0 Å². The average Bonchev–Trinajstić information content (AvgIpc) is 2.61. The molecular weight excluding hydrogens is 307 g/mol. The van der Waals surface area contributed by atoms with E-state index in [1.165, 1.54) is 6.07 Å². The molecule has 0 saturated carbocycles. The van der Waals surface area contributed by atoms with Crippen molar-refractivity contribution in [2.24, 2.45) is 0 Å². The quantitative estimate of drug-likeness (QED) is 0.907. The summed E-state index contributed by atoms with van der Waals surface area (Å²) >= 11 is 0. The van der Waals surface area contributed by atoms with Crippen molar-refractivity contribution in [2.45, 2.75) is 25.5 Å². The number of aliphatic hydroxyl groups is 1. The summed E-state index contributed by atoms with van der Waals surface area (Å²) < 4.78 is 14.4. The number of anilines is 1. The molecule has 0 unspecified atom stereocenters. The molecule has 0 bridgehead atoms. The maximum absolute atomic E-state index is 14.4. The normalized spacial score (nSPS) is 15.3. The van der Waals surface area contributed by atoms with E-state index in [0.29, 0.717) is 37.2 Å². The van der Waals surface area contributed by atoms with Gasteiger partial charge in [0.15, 0.2) is 0 Å². The highest BCUT2D eigenvalue weighted by molar-refractivity contribution is 5.94. The van der Waals surface area contributed by atoms with Crippen LogP contribution in [0.2, 0.25) is 0 Å². The first kappa shape index (κ1) is 16.5. The third kappa shape index (κ3) is 3.92. The van der Waals surface area contributed by atoms with Crippen LogP contribution in [-0.2, 0) is 6.54 Å². The molecule has 1 aliphatic rings. The summed E-state index contributed by atoms with van der Waals surface area (Å²) in [5.74, 6) is -0.469. The summed E-state index contributed by atoms with van der Waals surface area (Å²) in [6, 6.07) is 14.0. The number of nitrogens with zero attached hydrogens (tertiary/aromatic N) is 1. The lowest BCUT2D eigenvalue weighted by molar-refractivity contribution is 0.0951. The Morgan fingerprint density at radius 1 is 1.17 bits per heavy atom. The molecule has 1 amide bonds. The van der Waals surface area contributed by atoms with Crippen LogP contribution >= 0.6 is 0 Å². The van der Waals surface area contributed by atoms with Gasteiger partial charge in [-0.25, -0.2) is 4.39 Å². The number of halogens is 1. The Morgan fingerprint density at radius 3 is 2.54 bits per heavy atom. The van der Waals surface area contributed by atoms with Crippen molar-refractivity contribution in [1.29, 1.82) is 0 Å². The van der Waals surface area contributed by atoms with Crippen molar-refractivity contribution in [3.05, 3.63) is 65.5 Å². The van der Waals surface area contributed by atoms with Crippen molar-refractivity contribution in [3.63, 3.8) is 0 Å². The first-order chi connectivity index (χ1) is 11.6. The van der Waals surface area contributed by atoms with Gasteiger partial charge in [-0.15, -0.1) is 0 Å². The highest BCUT2D eigenvalue weighted by atomic mass is 19.1. The van der Waals surface area contributed by atoms with Gasteiger partial charge in [-0.05, 0) is 42.7 Å². The largest absolute Gasteiger partial charge is 0.393 e. The molecule has 2 aromatic rings. The molecule has 1 fully saturated rings. The van der Waals surface area contributed by atoms with Gasteiger partial charge < -0.3 is 15.3 Å². The lowest BCUT2D eigenvalue weighted by Gasteiger charge is -2.31. The second-order valence-electron chi connectivity index (χ2n) is 6.05. The summed E-state index contributed by atoms with van der Waals surface area (Å²) in [6.07, 6.45) is 1.04. The lowest BCUT2D eigenvalue weighted by atomic mass is 10.1. The molecule has 0 atom stereocenters. The molecule has 0 radical (unpaired) electrons. The first-order valence-electron chi connectivity index (χ1n) is 8.18. The topological polar surface area (TPSA) is 52.6 Å². The maximum atomic E-state index is 14.4. The molecule has 1 heterocycles. The third-order valence-corrected chi connectivity index (χ3v) is 4.31. The number of carbonyl (C=O) groups is 1. The zero-order valence-corrected chi connectivity index (χ0v) is 13.4.